The zero-order chi connectivity index (χ0) is 18.2. The third kappa shape index (κ3) is 2.98. The van der Waals surface area contributed by atoms with E-state index < -0.39 is 23.6 Å². The lowest BCUT2D eigenvalue weighted by Crippen LogP contribution is -2.29. The highest BCUT2D eigenvalue weighted by molar-refractivity contribution is 6.35. The molecule has 0 bridgehead atoms. The zero-order valence-electron chi connectivity index (χ0n) is 14.6. The Morgan fingerprint density at radius 2 is 1.75 bits per heavy atom. The molecule has 0 aliphatic heterocycles. The molecule has 0 amide bonds. The molecule has 0 fully saturated rings. The Balaban J connectivity index is 2.48. The van der Waals surface area contributed by atoms with Crippen LogP contribution in [0.25, 0.3) is 5.57 Å². The van der Waals surface area contributed by atoms with Gasteiger partial charge in [-0.05, 0) is 37.5 Å². The van der Waals surface area contributed by atoms with Gasteiger partial charge in [0, 0.05) is 18.3 Å². The first kappa shape index (κ1) is 17.9. The first-order valence-corrected chi connectivity index (χ1v) is 7.85. The molecular formula is C19H22O5. The van der Waals surface area contributed by atoms with Crippen LogP contribution in [0.2, 0.25) is 0 Å². The second-order valence-electron chi connectivity index (χ2n) is 6.41. The number of hydrogen-bond acceptors (Lipinski definition) is 5. The van der Waals surface area contributed by atoms with E-state index >= 15 is 0 Å². The summed E-state index contributed by atoms with van der Waals surface area (Å²) < 4.78 is 4.45. The van der Waals surface area contributed by atoms with E-state index in [0.29, 0.717) is 5.56 Å². The number of aryl methyl sites for hydroxylation is 3. The molecule has 128 valence electrons. The largest absolute Gasteiger partial charge is 0.511 e. The van der Waals surface area contributed by atoms with Gasteiger partial charge >= 0.3 is 5.97 Å². The van der Waals surface area contributed by atoms with Crippen LogP contribution in [0.1, 0.15) is 35.6 Å². The van der Waals surface area contributed by atoms with E-state index in [-0.39, 0.29) is 23.5 Å². The van der Waals surface area contributed by atoms with E-state index in [1.165, 1.54) is 6.92 Å². The molecular weight excluding hydrogens is 308 g/mol. The van der Waals surface area contributed by atoms with E-state index in [1.54, 1.807) is 0 Å². The number of carbonyl (C=O) groups excluding carboxylic acids is 3. The van der Waals surface area contributed by atoms with Gasteiger partial charge in [-0.1, -0.05) is 24.6 Å². The molecule has 0 aromatic heterocycles. The number of ether oxygens (including phenoxy) is 1. The summed E-state index contributed by atoms with van der Waals surface area (Å²) in [5.74, 6) is -3.53. The predicted molar refractivity (Wildman–Crippen MR) is 89.5 cm³/mol. The molecule has 1 aliphatic rings. The van der Waals surface area contributed by atoms with Gasteiger partial charge in [0.25, 0.3) is 0 Å². The van der Waals surface area contributed by atoms with Crippen LogP contribution in [0.15, 0.2) is 17.9 Å². The minimum atomic E-state index is -0.959. The van der Waals surface area contributed by atoms with E-state index in [4.69, 9.17) is 0 Å². The average Bonchev–Trinajstić information content (AvgIpc) is 2.80. The lowest BCUT2D eigenvalue weighted by molar-refractivity contribution is -0.154. The topological polar surface area (TPSA) is 80.7 Å². The molecule has 0 heterocycles. The number of hydrogen-bond donors (Lipinski definition) is 1. The summed E-state index contributed by atoms with van der Waals surface area (Å²) in [7, 11) is 1.13. The zero-order valence-corrected chi connectivity index (χ0v) is 14.6. The number of benzene rings is 1. The van der Waals surface area contributed by atoms with Crippen molar-refractivity contribution in [3.63, 3.8) is 0 Å². The number of carbonyl (C=O) groups is 3. The normalized spacial score (nSPS) is 18.7. The van der Waals surface area contributed by atoms with Gasteiger partial charge in [-0.25, -0.2) is 4.79 Å². The molecule has 2 atom stereocenters. The smallest absolute Gasteiger partial charge is 0.374 e. The van der Waals surface area contributed by atoms with Crippen molar-refractivity contribution in [3.05, 3.63) is 40.1 Å². The predicted octanol–water partition coefficient (Wildman–Crippen LogP) is 2.85. The Hall–Kier alpha value is -2.43. The van der Waals surface area contributed by atoms with Crippen LogP contribution in [0.4, 0.5) is 0 Å². The van der Waals surface area contributed by atoms with Crippen molar-refractivity contribution >= 4 is 23.1 Å². The van der Waals surface area contributed by atoms with Gasteiger partial charge in [0.2, 0.25) is 5.78 Å². The molecule has 5 nitrogen and oxygen atoms in total. The number of ketones is 2. The SMILES string of the molecule is COC(=O)C(=O)C(C)C1CC(=O)C(c2c(C)cc(C)cc2C)=C1O. The Labute approximate surface area is 141 Å². The van der Waals surface area contributed by atoms with Crippen LogP contribution in [0.3, 0.4) is 0 Å². The second kappa shape index (κ2) is 6.59. The maximum atomic E-state index is 12.5. The number of aliphatic hydroxyl groups excluding tert-OH is 1. The number of allylic oxidation sites excluding steroid dienone is 2. The van der Waals surface area contributed by atoms with Crippen molar-refractivity contribution in [2.24, 2.45) is 11.8 Å². The standard InChI is InChI=1S/C19H22O5/c1-9-6-10(2)15(11(3)7-9)16-14(20)8-13(18(16)22)12(4)17(21)19(23)24-5/h6-7,12-13,22H,8H2,1-5H3. The van der Waals surface area contributed by atoms with Crippen molar-refractivity contribution in [1.82, 2.24) is 0 Å². The van der Waals surface area contributed by atoms with Crippen LogP contribution in [-0.4, -0.2) is 29.8 Å². The van der Waals surface area contributed by atoms with Crippen LogP contribution >= 0.6 is 0 Å². The van der Waals surface area contributed by atoms with Gasteiger partial charge < -0.3 is 9.84 Å². The van der Waals surface area contributed by atoms with E-state index in [0.717, 1.165) is 23.8 Å². The van der Waals surface area contributed by atoms with Crippen molar-refractivity contribution in [2.75, 3.05) is 7.11 Å². The Bertz CT molecular complexity index is 734. The summed E-state index contributed by atoms with van der Waals surface area (Å²) in [5.41, 5.74) is 3.85. The summed E-state index contributed by atoms with van der Waals surface area (Å²) in [6.45, 7) is 7.28. The maximum Gasteiger partial charge on any atom is 0.374 e. The minimum absolute atomic E-state index is 0.0117. The fourth-order valence-electron chi connectivity index (χ4n) is 3.45. The molecule has 1 aromatic rings. The number of rotatable bonds is 4. The molecule has 0 saturated carbocycles. The monoisotopic (exact) mass is 330 g/mol. The number of esters is 1. The molecule has 1 N–H and O–H groups in total. The Kier molecular flexibility index (Phi) is 4.92. The quantitative estimate of drug-likeness (QED) is 0.678. The van der Waals surface area contributed by atoms with Gasteiger partial charge in [0.1, 0.15) is 5.76 Å². The van der Waals surface area contributed by atoms with Crippen LogP contribution in [-0.2, 0) is 19.1 Å². The molecule has 1 aromatic carbocycles. The van der Waals surface area contributed by atoms with Gasteiger partial charge in [0.15, 0.2) is 5.78 Å². The summed E-state index contributed by atoms with van der Waals surface area (Å²) in [6, 6.07) is 3.90. The van der Waals surface area contributed by atoms with E-state index in [9.17, 15) is 19.5 Å². The summed E-state index contributed by atoms with van der Waals surface area (Å²) >= 11 is 0. The maximum absolute atomic E-state index is 12.5. The summed E-state index contributed by atoms with van der Waals surface area (Å²) in [5, 5.41) is 10.6. The average molecular weight is 330 g/mol. The van der Waals surface area contributed by atoms with Gasteiger partial charge in [-0.3, -0.25) is 9.59 Å². The molecule has 0 radical (unpaired) electrons. The molecule has 2 rings (SSSR count). The van der Waals surface area contributed by atoms with Crippen LogP contribution < -0.4 is 0 Å². The first-order valence-electron chi connectivity index (χ1n) is 7.85. The van der Waals surface area contributed by atoms with Crippen molar-refractivity contribution in [1.29, 1.82) is 0 Å². The molecule has 5 heteroatoms. The highest BCUT2D eigenvalue weighted by Gasteiger charge is 2.41. The third-order valence-electron chi connectivity index (χ3n) is 4.62. The molecule has 2 unspecified atom stereocenters. The molecule has 0 spiro atoms. The highest BCUT2D eigenvalue weighted by atomic mass is 16.5. The van der Waals surface area contributed by atoms with Crippen molar-refractivity contribution in [3.8, 4) is 0 Å². The van der Waals surface area contributed by atoms with E-state index in [1.807, 2.05) is 32.9 Å². The molecule has 0 saturated heterocycles. The number of Topliss-reactive ketones (excluding diaryl/α,β-unsaturated/α-hetero) is 2. The third-order valence-corrected chi connectivity index (χ3v) is 4.62. The van der Waals surface area contributed by atoms with Crippen LogP contribution in [0.5, 0.6) is 0 Å². The fraction of sp³-hybridized carbons (Fsp3) is 0.421. The van der Waals surface area contributed by atoms with Gasteiger partial charge in [-0.2, -0.15) is 0 Å². The summed E-state index contributed by atoms with van der Waals surface area (Å²) in [4.78, 5) is 36.0. The minimum Gasteiger partial charge on any atom is -0.511 e. The van der Waals surface area contributed by atoms with Gasteiger partial charge in [-0.15, -0.1) is 0 Å². The van der Waals surface area contributed by atoms with Crippen molar-refractivity contribution < 1.29 is 24.2 Å². The highest BCUT2D eigenvalue weighted by Crippen LogP contribution is 2.40. The van der Waals surface area contributed by atoms with Crippen molar-refractivity contribution in [2.45, 2.75) is 34.1 Å². The Morgan fingerprint density at radius 3 is 2.25 bits per heavy atom. The first-order chi connectivity index (χ1) is 11.2. The Morgan fingerprint density at radius 1 is 1.21 bits per heavy atom. The van der Waals surface area contributed by atoms with E-state index in [2.05, 4.69) is 4.74 Å². The number of methoxy groups -OCH3 is 1. The summed E-state index contributed by atoms with van der Waals surface area (Å²) in [6.07, 6.45) is 0.0117. The lowest BCUT2D eigenvalue weighted by atomic mass is 9.88. The molecule has 1 aliphatic carbocycles. The lowest BCUT2D eigenvalue weighted by Gasteiger charge is -2.17. The fourth-order valence-corrected chi connectivity index (χ4v) is 3.45. The molecule has 24 heavy (non-hydrogen) atoms. The van der Waals surface area contributed by atoms with Crippen LogP contribution in [0, 0.1) is 32.6 Å². The van der Waals surface area contributed by atoms with Gasteiger partial charge in [0.05, 0.1) is 12.7 Å². The number of aliphatic hydroxyl groups is 1. The second-order valence-corrected chi connectivity index (χ2v) is 6.41.